The third-order valence-electron chi connectivity index (χ3n) is 5.16. The van der Waals surface area contributed by atoms with Crippen molar-refractivity contribution in [3.05, 3.63) is 61.7 Å². The van der Waals surface area contributed by atoms with Gasteiger partial charge in [0.2, 0.25) is 10.0 Å². The maximum atomic E-state index is 11.9. The van der Waals surface area contributed by atoms with Crippen LogP contribution in [0.3, 0.4) is 0 Å². The molecule has 172 valence electrons. The van der Waals surface area contributed by atoms with Crippen molar-refractivity contribution in [2.24, 2.45) is 4.99 Å². The van der Waals surface area contributed by atoms with Crippen molar-refractivity contribution < 1.29 is 18.3 Å². The highest BCUT2D eigenvalue weighted by Gasteiger charge is 2.42. The number of hydrogen-bond acceptors (Lipinski definition) is 8. The van der Waals surface area contributed by atoms with E-state index in [2.05, 4.69) is 9.71 Å². The first-order chi connectivity index (χ1) is 15.2. The standard InChI is InChI=1S/C20H22Cl2N4O4S2/c1-3-30-20(27)16-15-9-12(25-32(2,28)29)10-26(15)18(19-23-6-7-31-19)24-17(16)13-5-4-11(21)8-14(13)22/h4-8,12,17,20,25,27H,3,9-10H2,1-2H3/t12-,17-,20?/m0/s1. The monoisotopic (exact) mass is 516 g/mol. The molecule has 2 aliphatic rings. The summed E-state index contributed by atoms with van der Waals surface area (Å²) in [5.74, 6) is 0.594. The smallest absolute Gasteiger partial charge is 0.209 e. The molecule has 12 heteroatoms. The molecule has 32 heavy (non-hydrogen) atoms. The maximum Gasteiger partial charge on any atom is 0.209 e. The summed E-state index contributed by atoms with van der Waals surface area (Å²) >= 11 is 14.0. The molecule has 0 spiro atoms. The van der Waals surface area contributed by atoms with E-state index in [1.165, 1.54) is 11.3 Å². The number of nitrogens with zero attached hydrogens (tertiary/aromatic N) is 3. The Morgan fingerprint density at radius 3 is 2.81 bits per heavy atom. The minimum Gasteiger partial charge on any atom is -0.364 e. The number of aliphatic hydroxyl groups excluding tert-OH is 1. The van der Waals surface area contributed by atoms with Gasteiger partial charge in [0.05, 0.1) is 6.26 Å². The lowest BCUT2D eigenvalue weighted by Crippen LogP contribution is -2.39. The van der Waals surface area contributed by atoms with Crippen molar-refractivity contribution in [3.63, 3.8) is 0 Å². The Hall–Kier alpha value is -1.53. The molecule has 1 fully saturated rings. The highest BCUT2D eigenvalue weighted by Crippen LogP contribution is 2.44. The lowest BCUT2D eigenvalue weighted by atomic mass is 9.94. The number of sulfonamides is 1. The number of hydrogen-bond donors (Lipinski definition) is 2. The van der Waals surface area contributed by atoms with Crippen LogP contribution in [0.5, 0.6) is 0 Å². The van der Waals surface area contributed by atoms with Crippen LogP contribution in [-0.2, 0) is 14.8 Å². The minimum absolute atomic E-state index is 0.285. The van der Waals surface area contributed by atoms with Gasteiger partial charge in [-0.1, -0.05) is 29.3 Å². The average Bonchev–Trinajstić information content (AvgIpc) is 3.35. The summed E-state index contributed by atoms with van der Waals surface area (Å²) in [5, 5.41) is 14.4. The SMILES string of the molecule is CCOC(O)C1=C2C[C@H](NS(C)(=O)=O)CN2C(c2nccs2)=N[C@H]1c1ccc(Cl)cc1Cl. The number of aliphatic hydroxyl groups is 1. The first kappa shape index (κ1) is 23.6. The summed E-state index contributed by atoms with van der Waals surface area (Å²) in [6.45, 7) is 2.42. The fraction of sp³-hybridized carbons (Fsp3) is 0.400. The number of fused-ring (bicyclic) bond motifs is 1. The molecule has 2 aliphatic heterocycles. The fourth-order valence-electron chi connectivity index (χ4n) is 4.02. The zero-order valence-corrected chi connectivity index (χ0v) is 20.5. The Morgan fingerprint density at radius 2 is 2.19 bits per heavy atom. The van der Waals surface area contributed by atoms with E-state index in [-0.39, 0.29) is 6.61 Å². The number of aliphatic imine (C=N–C) groups is 1. The van der Waals surface area contributed by atoms with Gasteiger partial charge in [0, 0.05) is 58.5 Å². The molecule has 3 heterocycles. The molecule has 2 N–H and O–H groups in total. The molecule has 4 rings (SSSR count). The largest absolute Gasteiger partial charge is 0.364 e. The summed E-state index contributed by atoms with van der Waals surface area (Å²) < 4.78 is 32.0. The van der Waals surface area contributed by atoms with Gasteiger partial charge >= 0.3 is 0 Å². The molecule has 1 aromatic carbocycles. The molecule has 0 saturated carbocycles. The first-order valence-electron chi connectivity index (χ1n) is 9.88. The fourth-order valence-corrected chi connectivity index (χ4v) is 5.93. The van der Waals surface area contributed by atoms with E-state index < -0.39 is 28.4 Å². The molecule has 0 amide bonds. The van der Waals surface area contributed by atoms with Crippen LogP contribution < -0.4 is 4.72 Å². The molecular weight excluding hydrogens is 495 g/mol. The number of halogens is 2. The molecule has 8 nitrogen and oxygen atoms in total. The van der Waals surface area contributed by atoms with Crippen LogP contribution in [0.25, 0.3) is 0 Å². The number of aromatic nitrogens is 1. The molecular formula is C20H22Cl2N4O4S2. The summed E-state index contributed by atoms with van der Waals surface area (Å²) in [7, 11) is -3.43. The Kier molecular flexibility index (Phi) is 6.92. The van der Waals surface area contributed by atoms with E-state index in [1.54, 1.807) is 31.3 Å². The molecule has 0 bridgehead atoms. The number of rotatable bonds is 7. The Labute approximate surface area is 200 Å². The van der Waals surface area contributed by atoms with Crippen molar-refractivity contribution in [3.8, 4) is 0 Å². The summed E-state index contributed by atoms with van der Waals surface area (Å²) in [6.07, 6.45) is 1.93. The lowest BCUT2D eigenvalue weighted by Gasteiger charge is -2.34. The van der Waals surface area contributed by atoms with E-state index >= 15 is 0 Å². The average molecular weight is 517 g/mol. The van der Waals surface area contributed by atoms with E-state index in [1.807, 2.05) is 10.3 Å². The molecule has 1 saturated heterocycles. The quantitative estimate of drug-likeness (QED) is 0.547. The topological polar surface area (TPSA) is 104 Å². The van der Waals surface area contributed by atoms with E-state index in [9.17, 15) is 13.5 Å². The van der Waals surface area contributed by atoms with Crippen LogP contribution in [0, 0.1) is 0 Å². The lowest BCUT2D eigenvalue weighted by molar-refractivity contribution is -0.0719. The minimum atomic E-state index is -3.43. The second-order valence-electron chi connectivity index (χ2n) is 7.47. The Balaban J connectivity index is 1.88. The summed E-state index contributed by atoms with van der Waals surface area (Å²) in [5.41, 5.74) is 1.92. The zero-order chi connectivity index (χ0) is 23.0. The van der Waals surface area contributed by atoms with Crippen molar-refractivity contribution in [2.75, 3.05) is 19.4 Å². The highest BCUT2D eigenvalue weighted by molar-refractivity contribution is 7.88. The van der Waals surface area contributed by atoms with Crippen molar-refractivity contribution in [2.45, 2.75) is 31.7 Å². The number of thiazole rings is 1. The molecule has 1 unspecified atom stereocenters. The molecule has 0 aliphatic carbocycles. The van der Waals surface area contributed by atoms with Gasteiger partial charge in [0.15, 0.2) is 17.1 Å². The number of ether oxygens (including phenoxy) is 1. The van der Waals surface area contributed by atoms with Gasteiger partial charge in [-0.25, -0.2) is 18.1 Å². The molecule has 2 aromatic rings. The Morgan fingerprint density at radius 1 is 1.41 bits per heavy atom. The van der Waals surface area contributed by atoms with E-state index in [0.717, 1.165) is 12.0 Å². The normalized spacial score (nSPS) is 22.2. The predicted molar refractivity (Wildman–Crippen MR) is 126 cm³/mol. The number of nitrogens with one attached hydrogen (secondary N) is 1. The van der Waals surface area contributed by atoms with Gasteiger partial charge in [-0.3, -0.25) is 4.99 Å². The van der Waals surface area contributed by atoms with Crippen molar-refractivity contribution in [1.82, 2.24) is 14.6 Å². The Bertz CT molecular complexity index is 1170. The maximum absolute atomic E-state index is 11.9. The van der Waals surface area contributed by atoms with Gasteiger partial charge in [0.25, 0.3) is 0 Å². The van der Waals surface area contributed by atoms with Crippen LogP contribution in [-0.4, -0.2) is 61.0 Å². The second-order valence-corrected chi connectivity index (χ2v) is 11.0. The van der Waals surface area contributed by atoms with Crippen LogP contribution in [0.15, 0.2) is 46.0 Å². The van der Waals surface area contributed by atoms with Gasteiger partial charge in [-0.2, -0.15) is 0 Å². The third kappa shape index (κ3) is 4.86. The van der Waals surface area contributed by atoms with Gasteiger partial charge in [-0.15, -0.1) is 11.3 Å². The van der Waals surface area contributed by atoms with Crippen LogP contribution >= 0.6 is 34.5 Å². The zero-order valence-electron chi connectivity index (χ0n) is 17.3. The summed E-state index contributed by atoms with van der Waals surface area (Å²) in [4.78, 5) is 11.2. The highest BCUT2D eigenvalue weighted by atomic mass is 35.5. The van der Waals surface area contributed by atoms with Crippen LogP contribution in [0.4, 0.5) is 0 Å². The van der Waals surface area contributed by atoms with Crippen molar-refractivity contribution in [1.29, 1.82) is 0 Å². The first-order valence-corrected chi connectivity index (χ1v) is 13.4. The summed E-state index contributed by atoms with van der Waals surface area (Å²) in [6, 6.07) is 4.07. The predicted octanol–water partition coefficient (Wildman–Crippen LogP) is 3.18. The molecule has 3 atom stereocenters. The number of amidine groups is 1. The van der Waals surface area contributed by atoms with Crippen LogP contribution in [0.2, 0.25) is 10.0 Å². The van der Waals surface area contributed by atoms with Crippen LogP contribution in [0.1, 0.15) is 30.0 Å². The van der Waals surface area contributed by atoms with Crippen molar-refractivity contribution >= 4 is 50.4 Å². The van der Waals surface area contributed by atoms with Gasteiger partial charge < -0.3 is 14.7 Å². The molecule has 0 radical (unpaired) electrons. The number of benzene rings is 1. The van der Waals surface area contributed by atoms with Gasteiger partial charge in [-0.05, 0) is 24.6 Å². The van der Waals surface area contributed by atoms with E-state index in [0.29, 0.717) is 45.0 Å². The molecule has 1 aromatic heterocycles. The third-order valence-corrected chi connectivity index (χ3v) is 7.25. The van der Waals surface area contributed by atoms with Gasteiger partial charge in [0.1, 0.15) is 6.04 Å². The van der Waals surface area contributed by atoms with E-state index in [4.69, 9.17) is 32.9 Å². The second kappa shape index (κ2) is 9.38.